The van der Waals surface area contributed by atoms with Crippen LogP contribution in [0, 0.1) is 0 Å². The SMILES string of the molecule is O=c1[nH]c(=O)n(CCCCCl)c2ccccc12. The average Bonchev–Trinajstić information content (AvgIpc) is 2.33. The largest absolute Gasteiger partial charge is 0.328 e. The Kier molecular flexibility index (Phi) is 3.64. The number of H-pyrrole nitrogens is 1. The summed E-state index contributed by atoms with van der Waals surface area (Å²) < 4.78 is 1.59. The second kappa shape index (κ2) is 5.19. The van der Waals surface area contributed by atoms with Gasteiger partial charge in [-0.3, -0.25) is 14.3 Å². The number of alkyl halides is 1. The van der Waals surface area contributed by atoms with Gasteiger partial charge in [-0.2, -0.15) is 0 Å². The lowest BCUT2D eigenvalue weighted by atomic mass is 10.2. The molecule has 1 aromatic heterocycles. The number of nitrogens with zero attached hydrogens (tertiary/aromatic N) is 1. The van der Waals surface area contributed by atoms with Gasteiger partial charge in [0.25, 0.3) is 5.56 Å². The van der Waals surface area contributed by atoms with E-state index >= 15 is 0 Å². The molecule has 0 bridgehead atoms. The van der Waals surface area contributed by atoms with Crippen molar-refractivity contribution in [2.24, 2.45) is 0 Å². The van der Waals surface area contributed by atoms with Crippen molar-refractivity contribution in [1.82, 2.24) is 9.55 Å². The first-order valence-electron chi connectivity index (χ1n) is 5.52. The fourth-order valence-electron chi connectivity index (χ4n) is 1.83. The van der Waals surface area contributed by atoms with Gasteiger partial charge in [-0.05, 0) is 25.0 Å². The number of aromatic amines is 1. The smallest absolute Gasteiger partial charge is 0.293 e. The Morgan fingerprint density at radius 1 is 1.18 bits per heavy atom. The average molecular weight is 253 g/mol. The zero-order valence-corrected chi connectivity index (χ0v) is 10.0. The number of aromatic nitrogens is 2. The maximum atomic E-state index is 11.7. The molecule has 90 valence electrons. The molecule has 1 N–H and O–H groups in total. The van der Waals surface area contributed by atoms with Gasteiger partial charge in [0.2, 0.25) is 0 Å². The van der Waals surface area contributed by atoms with E-state index in [4.69, 9.17) is 11.6 Å². The maximum Gasteiger partial charge on any atom is 0.328 e. The molecule has 0 saturated carbocycles. The minimum absolute atomic E-state index is 0.334. The number of unbranched alkanes of at least 4 members (excludes halogenated alkanes) is 1. The number of fused-ring (bicyclic) bond motifs is 1. The van der Waals surface area contributed by atoms with E-state index in [1.165, 1.54) is 0 Å². The van der Waals surface area contributed by atoms with Crippen LogP contribution in [0.25, 0.3) is 10.9 Å². The molecular formula is C12H13ClN2O2. The Hall–Kier alpha value is -1.55. The Labute approximate surface area is 103 Å². The van der Waals surface area contributed by atoms with E-state index in [9.17, 15) is 9.59 Å². The van der Waals surface area contributed by atoms with Gasteiger partial charge in [0.15, 0.2) is 0 Å². The first kappa shape index (κ1) is 11.9. The van der Waals surface area contributed by atoms with Crippen molar-refractivity contribution < 1.29 is 0 Å². The van der Waals surface area contributed by atoms with E-state index < -0.39 is 0 Å². The van der Waals surface area contributed by atoms with E-state index in [-0.39, 0.29) is 11.2 Å². The summed E-state index contributed by atoms with van der Waals surface area (Å²) in [7, 11) is 0. The molecule has 0 atom stereocenters. The van der Waals surface area contributed by atoms with E-state index in [2.05, 4.69) is 4.98 Å². The number of nitrogens with one attached hydrogen (secondary N) is 1. The lowest BCUT2D eigenvalue weighted by molar-refractivity contribution is 0.619. The fraction of sp³-hybridized carbons (Fsp3) is 0.333. The molecule has 5 heteroatoms. The van der Waals surface area contributed by atoms with Crippen LogP contribution >= 0.6 is 11.6 Å². The van der Waals surface area contributed by atoms with Crippen molar-refractivity contribution >= 4 is 22.5 Å². The van der Waals surface area contributed by atoms with E-state index in [0.29, 0.717) is 23.3 Å². The molecule has 2 rings (SSSR count). The molecule has 0 spiro atoms. The number of para-hydroxylation sites is 1. The van der Waals surface area contributed by atoms with Crippen LogP contribution in [0.4, 0.5) is 0 Å². The third-order valence-electron chi connectivity index (χ3n) is 2.67. The quantitative estimate of drug-likeness (QED) is 0.665. The monoisotopic (exact) mass is 252 g/mol. The number of aryl methyl sites for hydroxylation is 1. The highest BCUT2D eigenvalue weighted by molar-refractivity contribution is 6.17. The predicted molar refractivity (Wildman–Crippen MR) is 68.8 cm³/mol. The summed E-state index contributed by atoms with van der Waals surface area (Å²) in [6.07, 6.45) is 1.67. The van der Waals surface area contributed by atoms with Crippen LogP contribution < -0.4 is 11.2 Å². The molecule has 0 aliphatic carbocycles. The molecule has 0 aliphatic rings. The zero-order chi connectivity index (χ0) is 12.3. The second-order valence-electron chi connectivity index (χ2n) is 3.82. The molecule has 0 radical (unpaired) electrons. The van der Waals surface area contributed by atoms with Crippen LogP contribution in [0.15, 0.2) is 33.9 Å². The van der Waals surface area contributed by atoms with Gasteiger partial charge in [0.1, 0.15) is 0 Å². The van der Waals surface area contributed by atoms with Gasteiger partial charge in [0.05, 0.1) is 10.9 Å². The van der Waals surface area contributed by atoms with Crippen LogP contribution in [0.2, 0.25) is 0 Å². The highest BCUT2D eigenvalue weighted by Crippen LogP contribution is 2.07. The topological polar surface area (TPSA) is 54.9 Å². The van der Waals surface area contributed by atoms with E-state index in [1.54, 1.807) is 22.8 Å². The molecule has 2 aromatic rings. The van der Waals surface area contributed by atoms with Gasteiger partial charge in [-0.15, -0.1) is 11.6 Å². The second-order valence-corrected chi connectivity index (χ2v) is 4.20. The summed E-state index contributed by atoms with van der Waals surface area (Å²) in [6, 6.07) is 7.10. The van der Waals surface area contributed by atoms with Gasteiger partial charge in [-0.1, -0.05) is 12.1 Å². The molecule has 4 nitrogen and oxygen atoms in total. The van der Waals surface area contributed by atoms with Gasteiger partial charge >= 0.3 is 5.69 Å². The number of halogens is 1. The standard InChI is InChI=1S/C12H13ClN2O2/c13-7-3-4-8-15-10-6-2-1-5-9(10)11(16)14-12(15)17/h1-2,5-6H,3-4,7-8H2,(H,14,16,17). The molecule has 0 amide bonds. The Morgan fingerprint density at radius 3 is 2.71 bits per heavy atom. The molecule has 1 aromatic carbocycles. The third kappa shape index (κ3) is 2.42. The highest BCUT2D eigenvalue weighted by Gasteiger charge is 2.05. The number of benzene rings is 1. The number of hydrogen-bond donors (Lipinski definition) is 1. The molecule has 0 unspecified atom stereocenters. The van der Waals surface area contributed by atoms with E-state index in [1.807, 2.05) is 6.07 Å². The first-order chi connectivity index (χ1) is 8.24. The minimum Gasteiger partial charge on any atom is -0.293 e. The summed E-state index contributed by atoms with van der Waals surface area (Å²) in [4.78, 5) is 25.6. The normalized spacial score (nSPS) is 10.9. The molecule has 0 saturated heterocycles. The molecule has 0 aliphatic heterocycles. The van der Waals surface area contributed by atoms with Crippen LogP contribution in [-0.4, -0.2) is 15.4 Å². The van der Waals surface area contributed by atoms with Gasteiger partial charge in [-0.25, -0.2) is 4.79 Å². The van der Waals surface area contributed by atoms with Crippen molar-refractivity contribution in [3.8, 4) is 0 Å². The zero-order valence-electron chi connectivity index (χ0n) is 9.28. The summed E-state index contributed by atoms with van der Waals surface area (Å²) in [5.74, 6) is 0.579. The highest BCUT2D eigenvalue weighted by atomic mass is 35.5. The summed E-state index contributed by atoms with van der Waals surface area (Å²) >= 11 is 5.61. The van der Waals surface area contributed by atoms with E-state index in [0.717, 1.165) is 12.8 Å². The lowest BCUT2D eigenvalue weighted by Crippen LogP contribution is -2.30. The summed E-state index contributed by atoms with van der Waals surface area (Å²) in [6.45, 7) is 0.572. The number of hydrogen-bond acceptors (Lipinski definition) is 2. The van der Waals surface area contributed by atoms with Crippen molar-refractivity contribution in [2.75, 3.05) is 5.88 Å². The van der Waals surface area contributed by atoms with Crippen LogP contribution in [-0.2, 0) is 6.54 Å². The van der Waals surface area contributed by atoms with Crippen molar-refractivity contribution in [2.45, 2.75) is 19.4 Å². The van der Waals surface area contributed by atoms with Crippen LogP contribution in [0.1, 0.15) is 12.8 Å². The van der Waals surface area contributed by atoms with Crippen molar-refractivity contribution in [1.29, 1.82) is 0 Å². The first-order valence-corrected chi connectivity index (χ1v) is 6.05. The molecule has 0 fully saturated rings. The van der Waals surface area contributed by atoms with Crippen molar-refractivity contribution in [3.05, 3.63) is 45.1 Å². The van der Waals surface area contributed by atoms with Crippen LogP contribution in [0.5, 0.6) is 0 Å². The summed E-state index contributed by atoms with van der Waals surface area (Å²) in [5.41, 5.74) is -0.0155. The van der Waals surface area contributed by atoms with Crippen molar-refractivity contribution in [3.63, 3.8) is 0 Å². The molecular weight excluding hydrogens is 240 g/mol. The Bertz CT molecular complexity index is 630. The molecule has 17 heavy (non-hydrogen) atoms. The predicted octanol–water partition coefficient (Wildman–Crippen LogP) is 1.71. The fourth-order valence-corrected chi connectivity index (χ4v) is 2.02. The minimum atomic E-state index is -0.358. The van der Waals surface area contributed by atoms with Gasteiger partial charge in [0, 0.05) is 12.4 Å². The molecule has 1 heterocycles. The summed E-state index contributed by atoms with van der Waals surface area (Å²) in [5, 5.41) is 0.540. The Morgan fingerprint density at radius 2 is 1.94 bits per heavy atom. The third-order valence-corrected chi connectivity index (χ3v) is 2.94. The maximum absolute atomic E-state index is 11.7. The number of rotatable bonds is 4. The van der Waals surface area contributed by atoms with Gasteiger partial charge < -0.3 is 0 Å². The Balaban J connectivity index is 2.54. The lowest BCUT2D eigenvalue weighted by Gasteiger charge is -2.08. The van der Waals surface area contributed by atoms with Crippen LogP contribution in [0.3, 0.4) is 0 Å².